The van der Waals surface area contributed by atoms with Gasteiger partial charge in [0.2, 0.25) is 0 Å². The maximum Gasteiger partial charge on any atom is 0.352 e. The third-order valence-electron chi connectivity index (χ3n) is 5.81. The molecule has 3 heterocycles. The number of hydrogen-bond acceptors (Lipinski definition) is 9. The van der Waals surface area contributed by atoms with Crippen molar-refractivity contribution in [1.29, 1.82) is 0 Å². The van der Waals surface area contributed by atoms with Gasteiger partial charge in [-0.25, -0.2) is 32.9 Å². The van der Waals surface area contributed by atoms with Gasteiger partial charge < -0.3 is 10.2 Å². The number of nitrogens with zero attached hydrogens (tertiary/aromatic N) is 6. The Bertz CT molecular complexity index is 1850. The first-order valence-electron chi connectivity index (χ1n) is 11.6. The molecule has 2 aromatic carbocycles. The highest BCUT2D eigenvalue weighted by atomic mass is 35.5. The maximum atomic E-state index is 13.5. The predicted molar refractivity (Wildman–Crippen MR) is 147 cm³/mol. The normalized spacial score (nSPS) is 16.5. The number of rotatable bonds is 6. The molecule has 0 spiro atoms. The van der Waals surface area contributed by atoms with Crippen molar-refractivity contribution in [3.63, 3.8) is 0 Å². The van der Waals surface area contributed by atoms with Gasteiger partial charge in [0.05, 0.1) is 10.7 Å². The summed E-state index contributed by atoms with van der Waals surface area (Å²) >= 11 is 11.8. The average Bonchev–Trinajstić information content (AvgIpc) is 3.49. The fourth-order valence-corrected chi connectivity index (χ4v) is 5.10. The molecule has 1 unspecified atom stereocenters. The SMILES string of the molecule is CC1(C(=O)O)CC(C(=O)O)=NN1c1ccc(Cl)cc1Cl.Cc1ccn2nc(S(=O)(=O)Nc3c(F)cccc3F)nc2n1. The van der Waals surface area contributed by atoms with E-state index in [4.69, 9.17) is 28.3 Å². The van der Waals surface area contributed by atoms with Crippen molar-refractivity contribution in [2.45, 2.75) is 31.0 Å². The van der Waals surface area contributed by atoms with E-state index in [2.05, 4.69) is 20.2 Å². The molecule has 0 fully saturated rings. The van der Waals surface area contributed by atoms with E-state index < -0.39 is 50.0 Å². The number of fused-ring (bicyclic) bond motifs is 1. The lowest BCUT2D eigenvalue weighted by Gasteiger charge is -2.30. The Hall–Kier alpha value is -4.41. The summed E-state index contributed by atoms with van der Waals surface area (Å²) in [7, 11) is -4.35. The summed E-state index contributed by atoms with van der Waals surface area (Å²) in [5.41, 5.74) is -1.62. The molecule has 13 nitrogen and oxygen atoms in total. The van der Waals surface area contributed by atoms with E-state index in [-0.39, 0.29) is 28.6 Å². The van der Waals surface area contributed by atoms with Gasteiger partial charge in [-0.2, -0.15) is 18.5 Å². The molecule has 1 aliphatic rings. The molecule has 0 saturated carbocycles. The van der Waals surface area contributed by atoms with Crippen LogP contribution in [0.5, 0.6) is 0 Å². The summed E-state index contributed by atoms with van der Waals surface area (Å²) < 4.78 is 54.3. The van der Waals surface area contributed by atoms with Crippen molar-refractivity contribution in [2.24, 2.45) is 5.10 Å². The Balaban J connectivity index is 0.000000194. The minimum atomic E-state index is -4.35. The van der Waals surface area contributed by atoms with Crippen molar-refractivity contribution < 1.29 is 37.0 Å². The van der Waals surface area contributed by atoms with E-state index in [0.29, 0.717) is 10.7 Å². The minimum Gasteiger partial charge on any atom is -0.479 e. The van der Waals surface area contributed by atoms with E-state index in [9.17, 15) is 31.9 Å². The molecule has 0 amide bonds. The average molecular weight is 642 g/mol. The second-order valence-electron chi connectivity index (χ2n) is 8.93. The molecule has 4 aromatic rings. The molecule has 42 heavy (non-hydrogen) atoms. The molecular weight excluding hydrogens is 623 g/mol. The Morgan fingerprint density at radius 2 is 1.74 bits per heavy atom. The van der Waals surface area contributed by atoms with Crippen LogP contribution < -0.4 is 9.73 Å². The van der Waals surface area contributed by atoms with Gasteiger partial charge in [-0.15, -0.1) is 5.10 Å². The Morgan fingerprint density at radius 1 is 1.07 bits per heavy atom. The summed E-state index contributed by atoms with van der Waals surface area (Å²) in [6, 6.07) is 9.07. The van der Waals surface area contributed by atoms with E-state index in [0.717, 1.165) is 27.7 Å². The van der Waals surface area contributed by atoms with Crippen LogP contribution in [-0.4, -0.2) is 61.4 Å². The van der Waals surface area contributed by atoms with Crippen LogP contribution in [0.4, 0.5) is 20.2 Å². The second kappa shape index (κ2) is 11.5. The number of sulfonamides is 1. The quantitative estimate of drug-likeness (QED) is 0.278. The highest BCUT2D eigenvalue weighted by Gasteiger charge is 2.48. The first-order chi connectivity index (χ1) is 19.6. The molecule has 18 heteroatoms. The fourth-order valence-electron chi connectivity index (χ4n) is 3.66. The molecule has 220 valence electrons. The first-order valence-corrected chi connectivity index (χ1v) is 13.8. The zero-order chi connectivity index (χ0) is 31.0. The van der Waals surface area contributed by atoms with Gasteiger partial charge in [0, 0.05) is 23.3 Å². The molecule has 0 bridgehead atoms. The summed E-state index contributed by atoms with van der Waals surface area (Å²) in [5, 5.41) is 27.0. The molecule has 1 atom stereocenters. The summed E-state index contributed by atoms with van der Waals surface area (Å²) in [5.74, 6) is -4.47. The van der Waals surface area contributed by atoms with E-state index in [1.165, 1.54) is 31.3 Å². The van der Waals surface area contributed by atoms with Crippen LogP contribution >= 0.6 is 23.2 Å². The van der Waals surface area contributed by atoms with Gasteiger partial charge in [0.1, 0.15) is 23.0 Å². The lowest BCUT2D eigenvalue weighted by molar-refractivity contribution is -0.142. The van der Waals surface area contributed by atoms with E-state index >= 15 is 0 Å². The summed E-state index contributed by atoms with van der Waals surface area (Å²) in [6.07, 6.45) is 1.25. The van der Waals surface area contributed by atoms with Crippen LogP contribution in [0.1, 0.15) is 19.0 Å². The van der Waals surface area contributed by atoms with Crippen molar-refractivity contribution in [1.82, 2.24) is 19.6 Å². The number of benzene rings is 2. The van der Waals surface area contributed by atoms with Crippen molar-refractivity contribution >= 4 is 68.0 Å². The number of aromatic nitrogens is 4. The highest BCUT2D eigenvalue weighted by molar-refractivity contribution is 7.92. The number of nitrogens with one attached hydrogen (secondary N) is 1. The van der Waals surface area contributed by atoms with Crippen LogP contribution in [0, 0.1) is 18.6 Å². The Labute approximate surface area is 246 Å². The topological polar surface area (TPSA) is 179 Å². The Kier molecular flexibility index (Phi) is 8.34. The monoisotopic (exact) mass is 641 g/mol. The van der Waals surface area contributed by atoms with Gasteiger partial charge in [-0.3, -0.25) is 4.72 Å². The van der Waals surface area contributed by atoms with Gasteiger partial charge in [-0.1, -0.05) is 29.3 Å². The molecule has 2 aromatic heterocycles. The molecular formula is C24H19Cl2F2N7O6S. The third-order valence-corrected chi connectivity index (χ3v) is 7.48. The number of carboxylic acid groups (broad SMARTS) is 2. The number of para-hydroxylation sites is 1. The van der Waals surface area contributed by atoms with Crippen LogP contribution in [0.25, 0.3) is 5.78 Å². The van der Waals surface area contributed by atoms with Crippen molar-refractivity contribution in [3.05, 3.63) is 76.0 Å². The lowest BCUT2D eigenvalue weighted by Crippen LogP contribution is -2.47. The van der Waals surface area contributed by atoms with E-state index in [1.807, 2.05) is 0 Å². The molecule has 0 aliphatic carbocycles. The van der Waals surface area contributed by atoms with Gasteiger partial charge in [0.25, 0.3) is 21.0 Å². The number of aliphatic carboxylic acids is 2. The van der Waals surface area contributed by atoms with Crippen LogP contribution in [0.3, 0.4) is 0 Å². The molecule has 0 saturated heterocycles. The largest absolute Gasteiger partial charge is 0.479 e. The van der Waals surface area contributed by atoms with Gasteiger partial charge in [0.15, 0.2) is 5.54 Å². The van der Waals surface area contributed by atoms with Crippen LogP contribution in [-0.2, 0) is 19.6 Å². The zero-order valence-corrected chi connectivity index (χ0v) is 23.8. The predicted octanol–water partition coefficient (Wildman–Crippen LogP) is 4.00. The smallest absolute Gasteiger partial charge is 0.352 e. The number of aryl methyl sites for hydroxylation is 1. The van der Waals surface area contributed by atoms with E-state index in [1.54, 1.807) is 17.7 Å². The number of carbonyl (C=O) groups is 2. The first kappa shape index (κ1) is 30.5. The second-order valence-corrected chi connectivity index (χ2v) is 11.3. The number of hydrazone groups is 1. The third kappa shape index (κ3) is 6.09. The molecule has 3 N–H and O–H groups in total. The maximum absolute atomic E-state index is 13.5. The minimum absolute atomic E-state index is 0.0642. The van der Waals surface area contributed by atoms with Crippen LogP contribution in [0.15, 0.2) is 58.9 Å². The highest BCUT2D eigenvalue weighted by Crippen LogP contribution is 2.38. The fraction of sp³-hybridized carbons (Fsp3) is 0.167. The zero-order valence-electron chi connectivity index (χ0n) is 21.5. The number of carboxylic acids is 2. The standard InChI is InChI=1S/C12H10Cl2N2O4.C12H9F2N5O2S/c1-12(11(19)20)5-8(10(17)18)15-16(12)9-3-2-6(13)4-7(9)14;1-7-5-6-19-11(15-7)16-12(17-19)22(20,21)18-10-8(13)3-2-4-9(10)14/h2-4H,5H2,1H3,(H,17,18)(H,19,20);2-6,18H,1H3. The van der Waals surface area contributed by atoms with Gasteiger partial charge in [-0.05, 0) is 50.2 Å². The lowest BCUT2D eigenvalue weighted by atomic mass is 9.95. The molecule has 1 aliphatic heterocycles. The van der Waals surface area contributed by atoms with Crippen LogP contribution in [0.2, 0.25) is 10.0 Å². The number of hydrogen-bond donors (Lipinski definition) is 3. The van der Waals surface area contributed by atoms with Crippen molar-refractivity contribution in [3.8, 4) is 0 Å². The summed E-state index contributed by atoms with van der Waals surface area (Å²) in [4.78, 5) is 30.2. The molecule has 5 rings (SSSR count). The summed E-state index contributed by atoms with van der Waals surface area (Å²) in [6.45, 7) is 3.09. The van der Waals surface area contributed by atoms with Crippen molar-refractivity contribution in [2.75, 3.05) is 9.73 Å². The van der Waals surface area contributed by atoms with Gasteiger partial charge >= 0.3 is 11.9 Å². The molecule has 0 radical (unpaired) electrons. The number of halogens is 4. The number of anilines is 2. The Morgan fingerprint density at radius 3 is 2.33 bits per heavy atom.